The molecule has 2 rings (SSSR count). The number of ether oxygens (including phenoxy) is 1. The van der Waals surface area contributed by atoms with Crippen LogP contribution in [0.15, 0.2) is 12.2 Å². The van der Waals surface area contributed by atoms with Gasteiger partial charge in [0.15, 0.2) is 0 Å². The fraction of sp³-hybridized carbons (Fsp3) is 0.667. The van der Waals surface area contributed by atoms with E-state index in [0.717, 1.165) is 0 Å². The molecule has 0 aromatic rings. The van der Waals surface area contributed by atoms with E-state index in [0.29, 0.717) is 21.9 Å². The average molecular weight is 254 g/mol. The third-order valence-electron chi connectivity index (χ3n) is 1.67. The number of alkyl halides is 2. The van der Waals surface area contributed by atoms with Gasteiger partial charge < -0.3 is 4.74 Å². The Balaban J connectivity index is 2.15. The van der Waals surface area contributed by atoms with Crippen molar-refractivity contribution in [3.63, 3.8) is 0 Å². The number of epoxide rings is 1. The Morgan fingerprint density at radius 3 is 1.89 bits per heavy atom. The minimum Gasteiger partial charge on any atom is -0.366 e. The van der Waals surface area contributed by atoms with E-state index >= 15 is 0 Å². The normalized spacial score (nSPS) is 54.9. The summed E-state index contributed by atoms with van der Waals surface area (Å²) in [7, 11) is 0. The molecule has 1 aliphatic carbocycles. The van der Waals surface area contributed by atoms with Crippen molar-refractivity contribution in [2.45, 2.75) is 21.9 Å². The van der Waals surface area contributed by atoms with Crippen LogP contribution in [0.3, 0.4) is 0 Å². The van der Waals surface area contributed by atoms with E-state index in [1.54, 1.807) is 0 Å². The van der Waals surface area contributed by atoms with Crippen molar-refractivity contribution in [1.82, 2.24) is 0 Å². The molecule has 3 heteroatoms. The first kappa shape index (κ1) is 6.38. The molecular formula is C6H6Br2O. The van der Waals surface area contributed by atoms with Gasteiger partial charge in [0.25, 0.3) is 0 Å². The quantitative estimate of drug-likeness (QED) is 0.365. The Morgan fingerprint density at radius 2 is 1.44 bits per heavy atom. The lowest BCUT2D eigenvalue weighted by Gasteiger charge is -2.07. The van der Waals surface area contributed by atoms with Gasteiger partial charge in [0, 0.05) is 0 Å². The second-order valence-corrected chi connectivity index (χ2v) is 4.45. The summed E-state index contributed by atoms with van der Waals surface area (Å²) >= 11 is 6.98. The van der Waals surface area contributed by atoms with Crippen molar-refractivity contribution in [1.29, 1.82) is 0 Å². The van der Waals surface area contributed by atoms with Crippen molar-refractivity contribution in [3.05, 3.63) is 12.2 Å². The molecule has 1 heterocycles. The van der Waals surface area contributed by atoms with Gasteiger partial charge in [-0.25, -0.2) is 0 Å². The van der Waals surface area contributed by atoms with Crippen molar-refractivity contribution < 1.29 is 4.74 Å². The van der Waals surface area contributed by atoms with Crippen LogP contribution in [0, 0.1) is 0 Å². The second kappa shape index (κ2) is 2.07. The zero-order valence-electron chi connectivity index (χ0n) is 4.63. The summed E-state index contributed by atoms with van der Waals surface area (Å²) in [6.07, 6.45) is 5.12. The molecule has 0 radical (unpaired) electrons. The van der Waals surface area contributed by atoms with E-state index in [2.05, 4.69) is 44.0 Å². The van der Waals surface area contributed by atoms with Gasteiger partial charge in [-0.05, 0) is 0 Å². The Bertz CT molecular complexity index is 141. The molecule has 1 aliphatic heterocycles. The largest absolute Gasteiger partial charge is 0.366 e. The molecule has 0 unspecified atom stereocenters. The van der Waals surface area contributed by atoms with E-state index in [1.807, 2.05) is 0 Å². The predicted molar refractivity (Wildman–Crippen MR) is 43.2 cm³/mol. The molecule has 1 saturated heterocycles. The van der Waals surface area contributed by atoms with Crippen LogP contribution in [0.25, 0.3) is 0 Å². The van der Waals surface area contributed by atoms with Gasteiger partial charge in [0.2, 0.25) is 0 Å². The number of hydrogen-bond donors (Lipinski definition) is 0. The Kier molecular flexibility index (Phi) is 1.47. The molecule has 9 heavy (non-hydrogen) atoms. The van der Waals surface area contributed by atoms with Crippen molar-refractivity contribution in [2.75, 3.05) is 0 Å². The smallest absolute Gasteiger partial charge is 0.102 e. The molecule has 1 nitrogen and oxygen atoms in total. The molecule has 4 atom stereocenters. The van der Waals surface area contributed by atoms with Gasteiger partial charge in [0.1, 0.15) is 12.2 Å². The molecule has 0 saturated carbocycles. The molecule has 0 aromatic heterocycles. The summed E-state index contributed by atoms with van der Waals surface area (Å²) in [4.78, 5) is 0.882. The molecule has 0 spiro atoms. The van der Waals surface area contributed by atoms with Gasteiger partial charge in [-0.1, -0.05) is 44.0 Å². The summed E-state index contributed by atoms with van der Waals surface area (Å²) in [5.41, 5.74) is 0. The monoisotopic (exact) mass is 252 g/mol. The fourth-order valence-corrected chi connectivity index (χ4v) is 2.28. The minimum atomic E-state index is 0.430. The molecule has 0 bridgehead atoms. The van der Waals surface area contributed by atoms with Crippen LogP contribution in [0.5, 0.6) is 0 Å². The Hall–Kier alpha value is 0.660. The van der Waals surface area contributed by atoms with Crippen molar-refractivity contribution >= 4 is 31.9 Å². The van der Waals surface area contributed by atoms with E-state index in [4.69, 9.17) is 4.74 Å². The SMILES string of the molecule is Br[C@@H]1C=C[C@H](Br)[C@H]2O[C@H]21. The third kappa shape index (κ3) is 0.994. The summed E-state index contributed by atoms with van der Waals surface area (Å²) < 4.78 is 5.35. The Labute approximate surface area is 70.7 Å². The molecule has 0 aromatic carbocycles. The molecule has 2 aliphatic rings. The molecule has 1 fully saturated rings. The topological polar surface area (TPSA) is 12.5 Å². The molecule has 0 N–H and O–H groups in total. The van der Waals surface area contributed by atoms with Crippen LogP contribution in [0.4, 0.5) is 0 Å². The van der Waals surface area contributed by atoms with E-state index in [9.17, 15) is 0 Å². The van der Waals surface area contributed by atoms with Crippen LogP contribution < -0.4 is 0 Å². The number of rotatable bonds is 0. The first-order valence-electron chi connectivity index (χ1n) is 2.91. The second-order valence-electron chi connectivity index (χ2n) is 2.34. The van der Waals surface area contributed by atoms with E-state index in [1.165, 1.54) is 0 Å². The van der Waals surface area contributed by atoms with Crippen LogP contribution in [-0.2, 0) is 4.74 Å². The zero-order chi connectivity index (χ0) is 6.43. The van der Waals surface area contributed by atoms with Crippen LogP contribution in [-0.4, -0.2) is 21.9 Å². The molecular weight excluding hydrogens is 248 g/mol. The van der Waals surface area contributed by atoms with Crippen molar-refractivity contribution in [3.8, 4) is 0 Å². The van der Waals surface area contributed by atoms with Gasteiger partial charge in [-0.2, -0.15) is 0 Å². The molecule has 0 amide bonds. The number of hydrogen-bond acceptors (Lipinski definition) is 1. The maximum atomic E-state index is 5.35. The Morgan fingerprint density at radius 1 is 1.00 bits per heavy atom. The summed E-state index contributed by atoms with van der Waals surface area (Å²) in [5, 5.41) is 0. The molecule has 50 valence electrons. The summed E-state index contributed by atoms with van der Waals surface area (Å²) in [5.74, 6) is 0. The third-order valence-corrected chi connectivity index (χ3v) is 3.32. The highest BCUT2D eigenvalue weighted by atomic mass is 79.9. The number of fused-ring (bicyclic) bond motifs is 1. The van der Waals surface area contributed by atoms with Gasteiger partial charge >= 0.3 is 0 Å². The predicted octanol–water partition coefficient (Wildman–Crippen LogP) is 1.85. The number of halogens is 2. The fourth-order valence-electron chi connectivity index (χ4n) is 1.08. The van der Waals surface area contributed by atoms with Gasteiger partial charge in [-0.3, -0.25) is 0 Å². The van der Waals surface area contributed by atoms with Crippen LogP contribution in [0.2, 0.25) is 0 Å². The van der Waals surface area contributed by atoms with E-state index in [-0.39, 0.29) is 0 Å². The summed E-state index contributed by atoms with van der Waals surface area (Å²) in [6.45, 7) is 0. The maximum absolute atomic E-state index is 5.35. The minimum absolute atomic E-state index is 0.430. The summed E-state index contributed by atoms with van der Waals surface area (Å²) in [6, 6.07) is 0. The lowest BCUT2D eigenvalue weighted by atomic mass is 10.1. The first-order valence-corrected chi connectivity index (χ1v) is 4.74. The van der Waals surface area contributed by atoms with Crippen molar-refractivity contribution in [2.24, 2.45) is 0 Å². The lowest BCUT2D eigenvalue weighted by molar-refractivity contribution is 0.382. The lowest BCUT2D eigenvalue weighted by Crippen LogP contribution is -2.18. The van der Waals surface area contributed by atoms with Gasteiger partial charge in [0.05, 0.1) is 9.65 Å². The standard InChI is InChI=1S/C6H6Br2O/c7-3-1-2-4(8)6-5(3)9-6/h1-6H/t3-,4+,5+,6-. The van der Waals surface area contributed by atoms with Crippen LogP contribution >= 0.6 is 31.9 Å². The van der Waals surface area contributed by atoms with E-state index < -0.39 is 0 Å². The zero-order valence-corrected chi connectivity index (χ0v) is 7.80. The highest BCUT2D eigenvalue weighted by molar-refractivity contribution is 9.10. The highest BCUT2D eigenvalue weighted by Gasteiger charge is 2.48. The van der Waals surface area contributed by atoms with Gasteiger partial charge in [-0.15, -0.1) is 0 Å². The highest BCUT2D eigenvalue weighted by Crippen LogP contribution is 2.39. The first-order chi connectivity index (χ1) is 4.29. The average Bonchev–Trinajstić information content (AvgIpc) is 2.57. The maximum Gasteiger partial charge on any atom is 0.102 e. The van der Waals surface area contributed by atoms with Crippen LogP contribution in [0.1, 0.15) is 0 Å².